The smallest absolute Gasteiger partial charge is 0.136 e. The summed E-state index contributed by atoms with van der Waals surface area (Å²) in [6, 6.07) is 16.7. The Morgan fingerprint density at radius 2 is 1.76 bits per heavy atom. The molecule has 0 heterocycles. The highest BCUT2D eigenvalue weighted by Crippen LogP contribution is 2.39. The van der Waals surface area contributed by atoms with E-state index in [0.717, 1.165) is 25.0 Å². The van der Waals surface area contributed by atoms with Crippen molar-refractivity contribution in [2.24, 2.45) is 16.2 Å². The molecule has 130 valence electrons. The van der Waals surface area contributed by atoms with Gasteiger partial charge in [0.2, 0.25) is 0 Å². The molecular formula is C21H23NO2S. The van der Waals surface area contributed by atoms with Crippen molar-refractivity contribution in [2.45, 2.75) is 32.3 Å². The van der Waals surface area contributed by atoms with Crippen molar-refractivity contribution in [3.05, 3.63) is 65.2 Å². The van der Waals surface area contributed by atoms with Crippen LogP contribution in [0.4, 0.5) is 0 Å². The predicted molar refractivity (Wildman–Crippen MR) is 102 cm³/mol. The minimum absolute atomic E-state index is 0.444. The van der Waals surface area contributed by atoms with Crippen molar-refractivity contribution < 1.29 is 8.95 Å². The van der Waals surface area contributed by atoms with Gasteiger partial charge in [-0.1, -0.05) is 36.4 Å². The van der Waals surface area contributed by atoms with Crippen molar-refractivity contribution in [1.82, 2.24) is 0 Å². The van der Waals surface area contributed by atoms with Gasteiger partial charge in [-0.05, 0) is 54.5 Å². The van der Waals surface area contributed by atoms with Crippen LogP contribution in [-0.2, 0) is 30.4 Å². The summed E-state index contributed by atoms with van der Waals surface area (Å²) in [4.78, 5) is 0. The van der Waals surface area contributed by atoms with E-state index in [0.29, 0.717) is 18.4 Å². The number of hydrogen-bond acceptors (Lipinski definition) is 2. The molecule has 0 spiro atoms. The van der Waals surface area contributed by atoms with E-state index >= 15 is 0 Å². The highest BCUT2D eigenvalue weighted by Gasteiger charge is 2.36. The standard InChI is InChI=1S/C21H23NO2S/c1-25(23)22-21-17-7-8-18(21)12-19-13-20(10-9-16(19)11-17)24-14-15-5-3-2-4-6-15/h2-6,9-10,13,17-18H,7-8,11-12,14H2,1H3/b22-21+. The van der Waals surface area contributed by atoms with Gasteiger partial charge in [0, 0.05) is 23.8 Å². The van der Waals surface area contributed by atoms with Gasteiger partial charge in [0.05, 0.1) is 0 Å². The highest BCUT2D eigenvalue weighted by molar-refractivity contribution is 7.83. The number of rotatable bonds is 4. The Morgan fingerprint density at radius 3 is 2.48 bits per heavy atom. The monoisotopic (exact) mass is 353 g/mol. The summed E-state index contributed by atoms with van der Waals surface area (Å²) in [7, 11) is -1.10. The van der Waals surface area contributed by atoms with Crippen LogP contribution in [-0.4, -0.2) is 16.2 Å². The van der Waals surface area contributed by atoms with Crippen LogP contribution in [0.15, 0.2) is 52.9 Å². The van der Waals surface area contributed by atoms with Crippen molar-refractivity contribution >= 4 is 16.7 Å². The lowest BCUT2D eigenvalue weighted by Gasteiger charge is -2.14. The summed E-state index contributed by atoms with van der Waals surface area (Å²) in [6.45, 7) is 0.590. The first-order chi connectivity index (χ1) is 12.2. The Morgan fingerprint density at radius 1 is 1.04 bits per heavy atom. The lowest BCUT2D eigenvalue weighted by molar-refractivity contribution is 0.305. The molecule has 4 heteroatoms. The van der Waals surface area contributed by atoms with Gasteiger partial charge in [0.25, 0.3) is 0 Å². The molecule has 0 saturated heterocycles. The molecule has 1 fully saturated rings. The summed E-state index contributed by atoms with van der Waals surface area (Å²) < 4.78 is 22.0. The summed E-state index contributed by atoms with van der Waals surface area (Å²) in [6.07, 6.45) is 6.01. The Labute approximate surface area is 151 Å². The molecule has 2 aromatic carbocycles. The minimum Gasteiger partial charge on any atom is -0.489 e. The lowest BCUT2D eigenvalue weighted by atomic mass is 9.93. The maximum Gasteiger partial charge on any atom is 0.136 e. The molecule has 0 N–H and O–H groups in total. The first-order valence-electron chi connectivity index (χ1n) is 8.89. The molecule has 0 amide bonds. The molecule has 2 aliphatic carbocycles. The number of hydrogen-bond donors (Lipinski definition) is 0. The topological polar surface area (TPSA) is 38.7 Å². The molecule has 3 unspecified atom stereocenters. The Kier molecular flexibility index (Phi) is 4.71. The minimum atomic E-state index is -1.10. The second-order valence-corrected chi connectivity index (χ2v) is 8.05. The van der Waals surface area contributed by atoms with Crippen LogP contribution in [0.3, 0.4) is 0 Å². The molecule has 2 aliphatic rings. The van der Waals surface area contributed by atoms with Crippen LogP contribution in [0, 0.1) is 11.8 Å². The average Bonchev–Trinajstić information content (AvgIpc) is 2.88. The largest absolute Gasteiger partial charge is 0.489 e. The maximum absolute atomic E-state index is 11.6. The number of nitrogens with zero attached hydrogens (tertiary/aromatic N) is 1. The zero-order valence-corrected chi connectivity index (χ0v) is 15.3. The number of benzene rings is 2. The van der Waals surface area contributed by atoms with E-state index in [2.05, 4.69) is 34.7 Å². The summed E-state index contributed by atoms with van der Waals surface area (Å²) >= 11 is 0. The van der Waals surface area contributed by atoms with Crippen molar-refractivity contribution in [3.8, 4) is 5.75 Å². The molecular weight excluding hydrogens is 330 g/mol. The first kappa shape index (κ1) is 16.5. The quantitative estimate of drug-likeness (QED) is 0.829. The second-order valence-electron chi connectivity index (χ2n) is 7.02. The molecule has 2 aromatic rings. The van der Waals surface area contributed by atoms with Crippen molar-refractivity contribution in [1.29, 1.82) is 0 Å². The van der Waals surface area contributed by atoms with Crippen LogP contribution < -0.4 is 4.74 Å². The first-order valence-corrected chi connectivity index (χ1v) is 10.4. The molecule has 0 aliphatic heterocycles. The zero-order valence-electron chi connectivity index (χ0n) is 14.5. The Hall–Kier alpha value is -1.94. The third kappa shape index (κ3) is 3.69. The van der Waals surface area contributed by atoms with Crippen LogP contribution in [0.1, 0.15) is 29.5 Å². The fraction of sp³-hybridized carbons (Fsp3) is 0.381. The normalized spacial score (nSPS) is 24.6. The summed E-state index contributed by atoms with van der Waals surface area (Å²) in [5.41, 5.74) is 5.13. The van der Waals surface area contributed by atoms with Gasteiger partial charge in [-0.15, -0.1) is 0 Å². The van der Waals surface area contributed by atoms with Gasteiger partial charge in [0.15, 0.2) is 0 Å². The molecule has 4 rings (SSSR count). The van der Waals surface area contributed by atoms with Crippen LogP contribution >= 0.6 is 0 Å². The molecule has 3 atom stereocenters. The molecule has 25 heavy (non-hydrogen) atoms. The molecule has 0 radical (unpaired) electrons. The zero-order chi connectivity index (χ0) is 17.2. The van der Waals surface area contributed by atoms with Gasteiger partial charge in [0.1, 0.15) is 23.3 Å². The predicted octanol–water partition coefficient (Wildman–Crippen LogP) is 4.12. The molecule has 2 bridgehead atoms. The van der Waals surface area contributed by atoms with E-state index in [1.54, 1.807) is 6.26 Å². The van der Waals surface area contributed by atoms with Crippen molar-refractivity contribution in [3.63, 3.8) is 0 Å². The highest BCUT2D eigenvalue weighted by atomic mass is 32.2. The van der Waals surface area contributed by atoms with E-state index in [4.69, 9.17) is 4.74 Å². The second kappa shape index (κ2) is 7.12. The third-order valence-corrected chi connectivity index (χ3v) is 5.76. The van der Waals surface area contributed by atoms with Gasteiger partial charge >= 0.3 is 0 Å². The van der Waals surface area contributed by atoms with Crippen molar-refractivity contribution in [2.75, 3.05) is 6.26 Å². The van der Waals surface area contributed by atoms with E-state index in [1.807, 2.05) is 18.2 Å². The van der Waals surface area contributed by atoms with E-state index in [1.165, 1.54) is 28.8 Å². The van der Waals surface area contributed by atoms with E-state index in [9.17, 15) is 4.21 Å². The van der Waals surface area contributed by atoms with Crippen LogP contribution in [0.2, 0.25) is 0 Å². The average molecular weight is 353 g/mol. The van der Waals surface area contributed by atoms with Gasteiger partial charge in [-0.25, -0.2) is 4.21 Å². The molecule has 3 nitrogen and oxygen atoms in total. The van der Waals surface area contributed by atoms with E-state index in [-0.39, 0.29) is 0 Å². The van der Waals surface area contributed by atoms with Gasteiger partial charge < -0.3 is 4.74 Å². The van der Waals surface area contributed by atoms with E-state index < -0.39 is 11.0 Å². The Bertz CT molecular complexity index is 816. The van der Waals surface area contributed by atoms with Crippen LogP contribution in [0.5, 0.6) is 5.75 Å². The molecule has 0 aromatic heterocycles. The fourth-order valence-electron chi connectivity index (χ4n) is 4.10. The van der Waals surface area contributed by atoms with Crippen LogP contribution in [0.25, 0.3) is 0 Å². The summed E-state index contributed by atoms with van der Waals surface area (Å²) in [5.74, 6) is 1.84. The van der Waals surface area contributed by atoms with Gasteiger partial charge in [-0.3, -0.25) is 0 Å². The van der Waals surface area contributed by atoms with Gasteiger partial charge in [-0.2, -0.15) is 4.40 Å². The number of fused-ring (bicyclic) bond motifs is 3. The third-order valence-electron chi connectivity index (χ3n) is 5.29. The Balaban J connectivity index is 1.53. The summed E-state index contributed by atoms with van der Waals surface area (Å²) in [5, 5.41) is 0. The number of ether oxygens (including phenoxy) is 1. The lowest BCUT2D eigenvalue weighted by Crippen LogP contribution is -2.15. The molecule has 1 saturated carbocycles. The maximum atomic E-state index is 11.6. The fourth-order valence-corrected chi connectivity index (χ4v) is 4.69. The SMILES string of the molecule is CS(=O)/N=C1\C2CCC1Cc1cc(OCc3ccccc3)ccc1C2.